The summed E-state index contributed by atoms with van der Waals surface area (Å²) < 4.78 is 59.1. The van der Waals surface area contributed by atoms with Crippen LogP contribution in [-0.2, 0) is 42.7 Å². The molecule has 6 bridgehead atoms. The van der Waals surface area contributed by atoms with Crippen LogP contribution in [0.3, 0.4) is 0 Å². The van der Waals surface area contributed by atoms with E-state index in [1.807, 2.05) is 11.8 Å². The fourth-order valence-electron chi connectivity index (χ4n) is 9.35. The van der Waals surface area contributed by atoms with E-state index in [4.69, 9.17) is 44.4 Å². The van der Waals surface area contributed by atoms with Crippen LogP contribution in [0.5, 0.6) is 0 Å². The molecule has 0 aromatic carbocycles. The van der Waals surface area contributed by atoms with Crippen LogP contribution in [0.1, 0.15) is 59.3 Å². The van der Waals surface area contributed by atoms with Crippen LogP contribution < -0.4 is 42.0 Å². The molecule has 0 saturated carbocycles. The van der Waals surface area contributed by atoms with E-state index >= 15 is 0 Å². The minimum Gasteiger partial charge on any atom is -1.00 e. The number of carbonyl (C=O) groups excluding carboxylic acids is 3. The van der Waals surface area contributed by atoms with E-state index in [1.54, 1.807) is 23.6 Å². The van der Waals surface area contributed by atoms with Crippen molar-refractivity contribution in [2.75, 3.05) is 26.1 Å². The van der Waals surface area contributed by atoms with Crippen LogP contribution in [0.15, 0.2) is 0 Å². The number of epoxide rings is 3. The van der Waals surface area contributed by atoms with Crippen molar-refractivity contribution < 1.29 is 97.4 Å². The number of ether oxygens (including phenoxy) is 6. The normalized spacial score (nSPS) is 40.6. The predicted octanol–water partition coefficient (Wildman–Crippen LogP) is -3.95. The molecular formula is C33H45ClN5NaO12S. The second-order valence-electron chi connectivity index (χ2n) is 14.4. The molecule has 9 aliphatic heterocycles. The molecule has 9 fully saturated rings. The average molecular weight is 794 g/mol. The first-order valence-electron chi connectivity index (χ1n) is 17.9. The van der Waals surface area contributed by atoms with Crippen molar-refractivity contribution in [3.05, 3.63) is 11.4 Å². The van der Waals surface area contributed by atoms with Gasteiger partial charge in [0.2, 0.25) is 6.04 Å². The van der Waals surface area contributed by atoms with Gasteiger partial charge in [0.25, 0.3) is 10.1 Å². The Morgan fingerprint density at radius 1 is 0.698 bits per heavy atom. The van der Waals surface area contributed by atoms with Gasteiger partial charge in [-0.05, 0) is 46.5 Å². The molecule has 0 spiro atoms. The Morgan fingerprint density at radius 2 is 1.02 bits per heavy atom. The number of nitriles is 1. The number of hydrogen-bond donors (Lipinski definition) is 0. The number of rotatable bonds is 5. The predicted molar refractivity (Wildman–Crippen MR) is 172 cm³/mol. The first-order valence-corrected chi connectivity index (χ1v) is 19.7. The monoisotopic (exact) mass is 793 g/mol. The Kier molecular flexibility index (Phi) is 13.1. The van der Waals surface area contributed by atoms with E-state index in [0.29, 0.717) is 32.7 Å². The standard InChI is InChI=1S/2C11H14N2O3.C11H17NO6S.ClH.Na/c1-3-15-11(14)13-7-4-6(12-2)5-8(13)10-9(7)16-10;1-2-15-11(14)13-7-3-6(5-12)4-8(13)10-9(7)16-10;1-3-16-11(13)12-7-4-6(18-19(2,14)15)5-8(12)10-9(7)17-10;;/h6-10H,3-5H2,1H3;6-10H,2-4H2,1H3;6-10H,3-5H2,1-2H3;1H;/q;;;;+1/p-1/t3*6?,7?,8?,9-,10+;;. The summed E-state index contributed by atoms with van der Waals surface area (Å²) in [5.74, 6) is 0.0667. The summed E-state index contributed by atoms with van der Waals surface area (Å²) >= 11 is 0. The molecule has 9 heterocycles. The van der Waals surface area contributed by atoms with Crippen LogP contribution in [0.25, 0.3) is 4.85 Å². The molecule has 288 valence electrons. The summed E-state index contributed by atoms with van der Waals surface area (Å²) in [6.45, 7) is 13.6. The Morgan fingerprint density at radius 3 is 1.30 bits per heavy atom. The van der Waals surface area contributed by atoms with Crippen LogP contribution >= 0.6 is 0 Å². The summed E-state index contributed by atoms with van der Waals surface area (Å²) in [7, 11) is -3.47. The van der Waals surface area contributed by atoms with E-state index in [1.165, 1.54) is 0 Å². The second-order valence-corrected chi connectivity index (χ2v) is 16.0. The number of fused-ring (bicyclic) bond motifs is 15. The van der Waals surface area contributed by atoms with Gasteiger partial charge in [-0.3, -0.25) is 18.9 Å². The van der Waals surface area contributed by atoms with Gasteiger partial charge in [-0.2, -0.15) is 13.7 Å². The molecule has 9 unspecified atom stereocenters. The first kappa shape index (κ1) is 42.0. The Balaban J connectivity index is 0.000000151. The maximum Gasteiger partial charge on any atom is 1.00 e. The quantitative estimate of drug-likeness (QED) is 0.0861. The maximum absolute atomic E-state index is 11.9. The molecule has 9 rings (SSSR count). The summed E-state index contributed by atoms with van der Waals surface area (Å²) in [4.78, 5) is 44.4. The summed E-state index contributed by atoms with van der Waals surface area (Å²) in [5.41, 5.74) is 0. The Labute approximate surface area is 337 Å². The third-order valence-electron chi connectivity index (χ3n) is 11.3. The SMILES string of the molecule is CCOC(=O)N1C2CC(C#N)CC1[C@@H]1O[C@H]21.CCOC(=O)N1C2CC(OS(C)(=O)=O)CC1[C@@H]1O[C@H]21.[C-]#[N+]C1CC2[C@H]3O[C@H]3C(C1)N2C(=O)OCC.[Cl-].[Na+]. The van der Waals surface area contributed by atoms with E-state index in [9.17, 15) is 22.8 Å². The van der Waals surface area contributed by atoms with Gasteiger partial charge >= 0.3 is 47.8 Å². The minimum atomic E-state index is -3.47. The van der Waals surface area contributed by atoms with Crippen molar-refractivity contribution in [1.29, 1.82) is 5.26 Å². The molecule has 0 aromatic heterocycles. The fourth-order valence-corrected chi connectivity index (χ4v) is 10.0. The van der Waals surface area contributed by atoms with Crippen LogP contribution in [0.2, 0.25) is 0 Å². The smallest absolute Gasteiger partial charge is 1.00 e. The molecule has 0 radical (unpaired) electrons. The molecule has 0 aromatic rings. The number of nitrogens with zero attached hydrogens (tertiary/aromatic N) is 5. The number of amides is 3. The van der Waals surface area contributed by atoms with Gasteiger partial charge in [0.1, 0.15) is 36.6 Å². The van der Waals surface area contributed by atoms with Gasteiger partial charge in [-0.25, -0.2) is 21.0 Å². The van der Waals surface area contributed by atoms with Gasteiger partial charge in [-0.1, -0.05) is 0 Å². The topological polar surface area (TPSA) is 198 Å². The van der Waals surface area contributed by atoms with Crippen LogP contribution in [0.4, 0.5) is 14.4 Å². The molecule has 15 atom stereocenters. The van der Waals surface area contributed by atoms with Crippen LogP contribution in [-0.4, -0.2) is 152 Å². The van der Waals surface area contributed by atoms with Crippen molar-refractivity contribution in [3.8, 4) is 6.07 Å². The Bertz CT molecular complexity index is 1480. The van der Waals surface area contributed by atoms with Gasteiger partial charge in [-0.15, -0.1) is 0 Å². The molecule has 0 N–H and O–H groups in total. The largest absolute Gasteiger partial charge is 1.00 e. The van der Waals surface area contributed by atoms with Gasteiger partial charge in [0, 0.05) is 12.8 Å². The van der Waals surface area contributed by atoms with E-state index in [0.717, 1.165) is 31.9 Å². The zero-order valence-corrected chi connectivity index (χ0v) is 34.0. The zero-order valence-electron chi connectivity index (χ0n) is 30.4. The summed E-state index contributed by atoms with van der Waals surface area (Å²) in [6, 6.07) is 2.36. The maximum atomic E-state index is 11.9. The third kappa shape index (κ3) is 8.23. The number of carbonyl (C=O) groups is 3. The van der Waals surface area contributed by atoms with Gasteiger partial charge < -0.3 is 45.7 Å². The zero-order chi connectivity index (χ0) is 36.4. The van der Waals surface area contributed by atoms with Gasteiger partial charge in [0.05, 0.1) is 80.4 Å². The number of morpholine rings is 3. The molecular weight excluding hydrogens is 749 g/mol. The van der Waals surface area contributed by atoms with Crippen molar-refractivity contribution in [1.82, 2.24) is 14.7 Å². The minimum absolute atomic E-state index is 0. The molecule has 17 nitrogen and oxygen atoms in total. The average Bonchev–Trinajstić information content (AvgIpc) is 3.99. The molecule has 0 aliphatic carbocycles. The third-order valence-corrected chi connectivity index (χ3v) is 11.9. The van der Waals surface area contributed by atoms with Gasteiger partial charge in [0.15, 0.2) is 0 Å². The molecule has 9 aliphatic rings. The molecule has 9 saturated heterocycles. The summed E-state index contributed by atoms with van der Waals surface area (Å²) in [5, 5.41) is 8.96. The molecule has 3 amide bonds. The first-order chi connectivity index (χ1) is 24.4. The van der Waals surface area contributed by atoms with Crippen LogP contribution in [0, 0.1) is 23.8 Å². The number of hydrogen-bond acceptors (Lipinski definition) is 13. The molecule has 53 heavy (non-hydrogen) atoms. The van der Waals surface area contributed by atoms with E-state index in [2.05, 4.69) is 10.9 Å². The summed E-state index contributed by atoms with van der Waals surface area (Å²) in [6.07, 6.45) is 4.42. The van der Waals surface area contributed by atoms with Crippen molar-refractivity contribution >= 4 is 28.4 Å². The van der Waals surface area contributed by atoms with E-state index in [-0.39, 0.29) is 151 Å². The molecule has 20 heteroatoms. The van der Waals surface area contributed by atoms with Crippen molar-refractivity contribution in [2.45, 2.75) is 144 Å². The van der Waals surface area contributed by atoms with Crippen molar-refractivity contribution in [3.63, 3.8) is 0 Å². The fraction of sp³-hybridized carbons (Fsp3) is 0.848. The number of halogens is 1. The Hall–Kier alpha value is -2.13. The van der Waals surface area contributed by atoms with Crippen molar-refractivity contribution in [2.24, 2.45) is 5.92 Å². The number of piperidine rings is 3. The second kappa shape index (κ2) is 16.5. The van der Waals surface area contributed by atoms with E-state index < -0.39 is 10.1 Å².